The molecule has 0 spiro atoms. The second-order valence-corrected chi connectivity index (χ2v) is 8.15. The van der Waals surface area contributed by atoms with Crippen molar-refractivity contribution in [2.75, 3.05) is 6.61 Å². The molecule has 10 unspecified atom stereocenters. The second kappa shape index (κ2) is 8.31. The SMILES string of the molecule is CC(C)(C)CC1OC(COC2OC(O)C(O)C(O)C2O)C(O)C(O)C1O. The van der Waals surface area contributed by atoms with Crippen molar-refractivity contribution in [3.63, 3.8) is 0 Å². The lowest BCUT2D eigenvalue weighted by molar-refractivity contribution is -0.347. The van der Waals surface area contributed by atoms with E-state index in [1.807, 2.05) is 20.8 Å². The maximum atomic E-state index is 10.1. The summed E-state index contributed by atoms with van der Waals surface area (Å²) in [6.45, 7) is 5.47. The van der Waals surface area contributed by atoms with Crippen LogP contribution in [0.4, 0.5) is 0 Å². The van der Waals surface area contributed by atoms with E-state index < -0.39 is 61.4 Å². The Morgan fingerprint density at radius 1 is 0.692 bits per heavy atom. The molecule has 0 aliphatic carbocycles. The summed E-state index contributed by atoms with van der Waals surface area (Å²) in [4.78, 5) is 0. The van der Waals surface area contributed by atoms with Gasteiger partial charge in [0.1, 0.15) is 42.7 Å². The second-order valence-electron chi connectivity index (χ2n) is 8.15. The molecule has 2 rings (SSSR count). The highest BCUT2D eigenvalue weighted by Crippen LogP contribution is 2.31. The molecule has 0 radical (unpaired) electrons. The van der Waals surface area contributed by atoms with Crippen LogP contribution in [0.1, 0.15) is 27.2 Å². The highest BCUT2D eigenvalue weighted by molar-refractivity contribution is 4.94. The van der Waals surface area contributed by atoms with Crippen LogP contribution in [0.2, 0.25) is 0 Å². The topological polar surface area (TPSA) is 169 Å². The van der Waals surface area contributed by atoms with Gasteiger partial charge < -0.3 is 50.0 Å². The first kappa shape index (κ1) is 21.9. The molecule has 0 aromatic rings. The van der Waals surface area contributed by atoms with Gasteiger partial charge >= 0.3 is 0 Å². The third-order valence-corrected chi connectivity index (χ3v) is 4.59. The monoisotopic (exact) mass is 382 g/mol. The van der Waals surface area contributed by atoms with Crippen LogP contribution in [0.25, 0.3) is 0 Å². The fourth-order valence-electron chi connectivity index (χ4n) is 3.10. The lowest BCUT2D eigenvalue weighted by Crippen LogP contribution is -2.61. The van der Waals surface area contributed by atoms with Crippen LogP contribution in [-0.4, -0.2) is 104 Å². The summed E-state index contributed by atoms with van der Waals surface area (Å²) < 4.78 is 15.8. The summed E-state index contributed by atoms with van der Waals surface area (Å²) in [7, 11) is 0. The average Bonchev–Trinajstić information content (AvgIpc) is 2.55. The smallest absolute Gasteiger partial charge is 0.189 e. The minimum atomic E-state index is -1.75. The molecule has 154 valence electrons. The number of rotatable bonds is 4. The fraction of sp³-hybridized carbons (Fsp3) is 1.00. The Kier molecular flexibility index (Phi) is 7.00. The van der Waals surface area contributed by atoms with E-state index in [4.69, 9.17) is 14.2 Å². The summed E-state index contributed by atoms with van der Waals surface area (Å²) in [5, 5.41) is 68.7. The van der Waals surface area contributed by atoms with Crippen LogP contribution in [0.15, 0.2) is 0 Å². The molecule has 2 aliphatic rings. The number of hydrogen-bond acceptors (Lipinski definition) is 10. The first-order valence-electron chi connectivity index (χ1n) is 8.61. The molecule has 0 aromatic heterocycles. The summed E-state index contributed by atoms with van der Waals surface area (Å²) in [5.74, 6) is 0. The van der Waals surface area contributed by atoms with Crippen LogP contribution in [0, 0.1) is 5.41 Å². The maximum absolute atomic E-state index is 10.1. The summed E-state index contributed by atoms with van der Waals surface area (Å²) in [5.41, 5.74) is -0.202. The van der Waals surface area contributed by atoms with Gasteiger partial charge in [0.25, 0.3) is 0 Å². The van der Waals surface area contributed by atoms with E-state index in [0.29, 0.717) is 6.42 Å². The Morgan fingerprint density at radius 2 is 1.23 bits per heavy atom. The highest BCUT2D eigenvalue weighted by Gasteiger charge is 2.47. The zero-order valence-corrected chi connectivity index (χ0v) is 15.0. The van der Waals surface area contributed by atoms with E-state index in [1.54, 1.807) is 0 Å². The van der Waals surface area contributed by atoms with Gasteiger partial charge in [-0.3, -0.25) is 0 Å². The first-order chi connectivity index (χ1) is 11.9. The van der Waals surface area contributed by atoms with E-state index in [-0.39, 0.29) is 12.0 Å². The van der Waals surface area contributed by atoms with Crippen molar-refractivity contribution in [3.05, 3.63) is 0 Å². The third kappa shape index (κ3) is 4.90. The van der Waals surface area contributed by atoms with Crippen LogP contribution >= 0.6 is 0 Å². The molecule has 0 amide bonds. The van der Waals surface area contributed by atoms with Gasteiger partial charge in [0.15, 0.2) is 12.6 Å². The lowest BCUT2D eigenvalue weighted by Gasteiger charge is -2.43. The Balaban J connectivity index is 1.99. The van der Waals surface area contributed by atoms with Crippen molar-refractivity contribution in [2.24, 2.45) is 5.41 Å². The molecule has 0 saturated carbocycles. The van der Waals surface area contributed by atoms with E-state index in [1.165, 1.54) is 0 Å². The van der Waals surface area contributed by atoms with Gasteiger partial charge in [-0.2, -0.15) is 0 Å². The van der Waals surface area contributed by atoms with Gasteiger partial charge in [-0.05, 0) is 11.8 Å². The standard InChI is InChI=1S/C16H30O10/c1-16(2,3)4-6-8(17)10(19)9(18)7(25-6)5-24-15-13(22)11(20)12(21)14(23)26-15/h6-15,17-23H,4-5H2,1-3H3. The van der Waals surface area contributed by atoms with Crippen molar-refractivity contribution in [1.29, 1.82) is 0 Å². The van der Waals surface area contributed by atoms with Gasteiger partial charge in [-0.25, -0.2) is 0 Å². The predicted molar refractivity (Wildman–Crippen MR) is 85.6 cm³/mol. The molecule has 2 saturated heterocycles. The van der Waals surface area contributed by atoms with Gasteiger partial charge in [0.2, 0.25) is 0 Å². The largest absolute Gasteiger partial charge is 0.388 e. The molecule has 0 aromatic carbocycles. The molecule has 10 atom stereocenters. The Bertz CT molecular complexity index is 455. The van der Waals surface area contributed by atoms with Crippen molar-refractivity contribution >= 4 is 0 Å². The van der Waals surface area contributed by atoms with Gasteiger partial charge in [-0.1, -0.05) is 20.8 Å². The third-order valence-electron chi connectivity index (χ3n) is 4.59. The molecule has 0 bridgehead atoms. The van der Waals surface area contributed by atoms with E-state index in [0.717, 1.165) is 0 Å². The van der Waals surface area contributed by atoms with Crippen LogP contribution in [-0.2, 0) is 14.2 Å². The van der Waals surface area contributed by atoms with Crippen LogP contribution in [0.5, 0.6) is 0 Å². The van der Waals surface area contributed by atoms with Crippen LogP contribution in [0.3, 0.4) is 0 Å². The molecule has 2 aliphatic heterocycles. The average molecular weight is 382 g/mol. The molecular weight excluding hydrogens is 352 g/mol. The first-order valence-corrected chi connectivity index (χ1v) is 8.61. The molecule has 10 nitrogen and oxygen atoms in total. The number of aliphatic hydroxyl groups excluding tert-OH is 7. The van der Waals surface area contributed by atoms with E-state index in [2.05, 4.69) is 0 Å². The van der Waals surface area contributed by atoms with Crippen molar-refractivity contribution < 1.29 is 50.0 Å². The predicted octanol–water partition coefficient (Wildman–Crippen LogP) is -2.95. The Morgan fingerprint density at radius 3 is 1.81 bits per heavy atom. The molecular formula is C16H30O10. The van der Waals surface area contributed by atoms with Crippen molar-refractivity contribution in [3.8, 4) is 0 Å². The molecule has 26 heavy (non-hydrogen) atoms. The summed E-state index contributed by atoms with van der Waals surface area (Å²) in [6.07, 6.45) is -13.7. The van der Waals surface area contributed by atoms with Gasteiger partial charge in [0, 0.05) is 0 Å². The van der Waals surface area contributed by atoms with Gasteiger partial charge in [0.05, 0.1) is 12.7 Å². The van der Waals surface area contributed by atoms with E-state index >= 15 is 0 Å². The van der Waals surface area contributed by atoms with Crippen LogP contribution < -0.4 is 0 Å². The summed E-state index contributed by atoms with van der Waals surface area (Å²) in [6, 6.07) is 0. The molecule has 7 N–H and O–H groups in total. The highest BCUT2D eigenvalue weighted by atomic mass is 16.7. The number of hydrogen-bond donors (Lipinski definition) is 7. The lowest BCUT2D eigenvalue weighted by atomic mass is 9.83. The molecule has 2 fully saturated rings. The normalized spacial score (nSPS) is 47.8. The zero-order chi connectivity index (χ0) is 19.8. The minimum Gasteiger partial charge on any atom is -0.388 e. The Labute approximate surface area is 151 Å². The maximum Gasteiger partial charge on any atom is 0.189 e. The zero-order valence-electron chi connectivity index (χ0n) is 15.0. The van der Waals surface area contributed by atoms with Crippen molar-refractivity contribution in [2.45, 2.75) is 88.6 Å². The molecule has 2 heterocycles. The number of aliphatic hydroxyl groups is 7. The van der Waals surface area contributed by atoms with E-state index in [9.17, 15) is 35.7 Å². The van der Waals surface area contributed by atoms with Gasteiger partial charge in [-0.15, -0.1) is 0 Å². The number of ether oxygens (including phenoxy) is 3. The quantitative estimate of drug-likeness (QED) is 0.267. The Hall–Kier alpha value is -0.400. The fourth-order valence-corrected chi connectivity index (χ4v) is 3.10. The molecule has 10 heteroatoms. The minimum absolute atomic E-state index is 0.202. The summed E-state index contributed by atoms with van der Waals surface area (Å²) >= 11 is 0. The van der Waals surface area contributed by atoms with Crippen molar-refractivity contribution in [1.82, 2.24) is 0 Å².